The van der Waals surface area contributed by atoms with Crippen LogP contribution in [0.1, 0.15) is 29.1 Å². The number of thiophene rings is 1. The van der Waals surface area contributed by atoms with Gasteiger partial charge in [0.2, 0.25) is 0 Å². The molecule has 1 aromatic carbocycles. The molecule has 4 nitrogen and oxygen atoms in total. The molecule has 0 amide bonds. The van der Waals surface area contributed by atoms with Crippen molar-refractivity contribution in [3.63, 3.8) is 0 Å². The fraction of sp³-hybridized carbons (Fsp3) is 0.368. The molecule has 3 aromatic rings. The Bertz CT molecular complexity index is 840. The number of thioether (sulfide) groups is 1. The summed E-state index contributed by atoms with van der Waals surface area (Å²) in [6.07, 6.45) is 2.57. The fourth-order valence-corrected chi connectivity index (χ4v) is 5.26. The number of benzene rings is 1. The first-order valence-electron chi connectivity index (χ1n) is 8.83. The Kier molecular flexibility index (Phi) is 5.94. The first-order chi connectivity index (χ1) is 12.8. The maximum Gasteiger partial charge on any atom is 0.191 e. The van der Waals surface area contributed by atoms with Crippen molar-refractivity contribution in [2.24, 2.45) is 0 Å². The molecule has 0 bridgehead atoms. The Morgan fingerprint density at radius 2 is 1.81 bits per heavy atom. The summed E-state index contributed by atoms with van der Waals surface area (Å²) in [6, 6.07) is 14.6. The van der Waals surface area contributed by atoms with Gasteiger partial charge in [0.25, 0.3) is 0 Å². The molecule has 0 aliphatic carbocycles. The Hall–Kier alpha value is -1.34. The first-order valence-corrected chi connectivity index (χ1v) is 11.0. The molecule has 1 saturated heterocycles. The lowest BCUT2D eigenvalue weighted by Crippen LogP contribution is -2.21. The molecule has 0 N–H and O–H groups in total. The number of halogens is 1. The van der Waals surface area contributed by atoms with E-state index in [0.717, 1.165) is 47.2 Å². The molecular weight excluding hydrogens is 384 g/mol. The molecule has 0 atom stereocenters. The molecule has 1 aliphatic rings. The summed E-state index contributed by atoms with van der Waals surface area (Å²) < 4.78 is 3.11. The van der Waals surface area contributed by atoms with E-state index < -0.39 is 0 Å². The van der Waals surface area contributed by atoms with Crippen molar-refractivity contribution in [2.75, 3.05) is 13.1 Å². The van der Waals surface area contributed by atoms with E-state index in [0.29, 0.717) is 0 Å². The predicted octanol–water partition coefficient (Wildman–Crippen LogP) is 4.93. The van der Waals surface area contributed by atoms with Gasteiger partial charge in [-0.2, -0.15) is 0 Å². The highest BCUT2D eigenvalue weighted by atomic mass is 35.5. The molecule has 0 unspecified atom stereocenters. The van der Waals surface area contributed by atoms with E-state index in [9.17, 15) is 0 Å². The fourth-order valence-electron chi connectivity index (χ4n) is 3.17. The standard InChI is InChI=1S/C19H21ClN4S2/c20-17-9-8-16(26-17)14-25-19-22-21-18(13-23-10-4-5-11-23)24(19)12-15-6-2-1-3-7-15/h1-3,6-9H,4-5,10-14H2. The van der Waals surface area contributed by atoms with Gasteiger partial charge in [0.15, 0.2) is 5.16 Å². The van der Waals surface area contributed by atoms with Crippen LogP contribution in [-0.2, 0) is 18.8 Å². The maximum atomic E-state index is 6.05. The lowest BCUT2D eigenvalue weighted by molar-refractivity contribution is 0.316. The SMILES string of the molecule is Clc1ccc(CSc2nnc(CN3CCCC3)n2Cc2ccccc2)s1. The predicted molar refractivity (Wildman–Crippen MR) is 109 cm³/mol. The Morgan fingerprint density at radius 3 is 2.54 bits per heavy atom. The van der Waals surface area contributed by atoms with E-state index in [4.69, 9.17) is 11.6 Å². The van der Waals surface area contributed by atoms with Gasteiger partial charge in [0.1, 0.15) is 5.82 Å². The van der Waals surface area contributed by atoms with Gasteiger partial charge in [-0.3, -0.25) is 4.90 Å². The zero-order chi connectivity index (χ0) is 17.8. The van der Waals surface area contributed by atoms with Crippen LogP contribution in [-0.4, -0.2) is 32.8 Å². The third kappa shape index (κ3) is 4.49. The van der Waals surface area contributed by atoms with Crippen LogP contribution < -0.4 is 0 Å². The minimum Gasteiger partial charge on any atom is -0.300 e. The molecule has 2 aromatic heterocycles. The third-order valence-corrected chi connectivity index (χ3v) is 6.94. The van der Waals surface area contributed by atoms with Crippen molar-refractivity contribution in [3.8, 4) is 0 Å². The molecule has 7 heteroatoms. The number of hydrogen-bond donors (Lipinski definition) is 0. The van der Waals surface area contributed by atoms with Crippen LogP contribution in [0.5, 0.6) is 0 Å². The molecule has 1 aliphatic heterocycles. The van der Waals surface area contributed by atoms with Crippen LogP contribution in [0, 0.1) is 0 Å². The number of nitrogens with zero attached hydrogens (tertiary/aromatic N) is 4. The van der Waals surface area contributed by atoms with Crippen LogP contribution >= 0.6 is 34.7 Å². The van der Waals surface area contributed by atoms with Crippen molar-refractivity contribution in [1.29, 1.82) is 0 Å². The summed E-state index contributed by atoms with van der Waals surface area (Å²) in [4.78, 5) is 3.73. The lowest BCUT2D eigenvalue weighted by Gasteiger charge is -2.16. The molecule has 26 heavy (non-hydrogen) atoms. The van der Waals surface area contributed by atoms with Crippen LogP contribution in [0.25, 0.3) is 0 Å². The monoisotopic (exact) mass is 404 g/mol. The summed E-state index contributed by atoms with van der Waals surface area (Å²) in [7, 11) is 0. The van der Waals surface area contributed by atoms with E-state index in [1.165, 1.54) is 23.3 Å². The topological polar surface area (TPSA) is 34.0 Å². The highest BCUT2D eigenvalue weighted by Gasteiger charge is 2.18. The summed E-state index contributed by atoms with van der Waals surface area (Å²) in [5.74, 6) is 1.93. The van der Waals surface area contributed by atoms with Crippen molar-refractivity contribution >= 4 is 34.7 Å². The Balaban J connectivity index is 1.54. The smallest absolute Gasteiger partial charge is 0.191 e. The summed E-state index contributed by atoms with van der Waals surface area (Å²) in [5.41, 5.74) is 1.27. The quantitative estimate of drug-likeness (QED) is 0.523. The van der Waals surface area contributed by atoms with Crippen molar-refractivity contribution in [3.05, 3.63) is 63.1 Å². The lowest BCUT2D eigenvalue weighted by atomic mass is 10.2. The van der Waals surface area contributed by atoms with E-state index in [-0.39, 0.29) is 0 Å². The van der Waals surface area contributed by atoms with Gasteiger partial charge in [-0.1, -0.05) is 53.7 Å². The van der Waals surface area contributed by atoms with Gasteiger partial charge in [0, 0.05) is 10.6 Å². The number of rotatable bonds is 7. The van der Waals surface area contributed by atoms with Gasteiger partial charge < -0.3 is 4.57 Å². The van der Waals surface area contributed by atoms with E-state index in [2.05, 4.69) is 56.1 Å². The van der Waals surface area contributed by atoms with Gasteiger partial charge in [0.05, 0.1) is 17.4 Å². The van der Waals surface area contributed by atoms with Crippen molar-refractivity contribution in [1.82, 2.24) is 19.7 Å². The normalized spacial score (nSPS) is 15.0. The summed E-state index contributed by atoms with van der Waals surface area (Å²) >= 11 is 9.41. The van der Waals surface area contributed by atoms with Gasteiger partial charge in [-0.15, -0.1) is 21.5 Å². The molecule has 0 saturated carbocycles. The molecule has 1 fully saturated rings. The number of likely N-dealkylation sites (tertiary alicyclic amines) is 1. The Labute approximate surface area is 167 Å². The zero-order valence-electron chi connectivity index (χ0n) is 14.5. The van der Waals surface area contributed by atoms with Crippen LogP contribution in [0.15, 0.2) is 47.6 Å². The molecule has 136 valence electrons. The van der Waals surface area contributed by atoms with Gasteiger partial charge in [-0.25, -0.2) is 0 Å². The molecular formula is C19H21ClN4S2. The van der Waals surface area contributed by atoms with Crippen molar-refractivity contribution in [2.45, 2.75) is 36.8 Å². The highest BCUT2D eigenvalue weighted by Crippen LogP contribution is 2.29. The zero-order valence-corrected chi connectivity index (χ0v) is 16.9. The first kappa shape index (κ1) is 18.0. The van der Waals surface area contributed by atoms with Gasteiger partial charge >= 0.3 is 0 Å². The summed E-state index contributed by atoms with van der Waals surface area (Å²) in [6.45, 7) is 4.01. The van der Waals surface area contributed by atoms with Crippen molar-refractivity contribution < 1.29 is 0 Å². The van der Waals surface area contributed by atoms with Crippen LogP contribution in [0.2, 0.25) is 4.34 Å². The second-order valence-electron chi connectivity index (χ2n) is 6.45. The van der Waals surface area contributed by atoms with E-state index in [1.807, 2.05) is 6.07 Å². The maximum absolute atomic E-state index is 6.05. The van der Waals surface area contributed by atoms with Crippen LogP contribution in [0.4, 0.5) is 0 Å². The average molecular weight is 405 g/mol. The third-order valence-electron chi connectivity index (χ3n) is 4.51. The summed E-state index contributed by atoms with van der Waals surface area (Å²) in [5, 5.41) is 10.00. The number of hydrogen-bond acceptors (Lipinski definition) is 5. The Morgan fingerprint density at radius 1 is 1.00 bits per heavy atom. The molecule has 0 spiro atoms. The largest absolute Gasteiger partial charge is 0.300 e. The highest BCUT2D eigenvalue weighted by molar-refractivity contribution is 7.98. The minimum absolute atomic E-state index is 0.810. The number of aromatic nitrogens is 3. The minimum atomic E-state index is 0.810. The molecule has 3 heterocycles. The second kappa shape index (κ2) is 8.57. The average Bonchev–Trinajstić information content (AvgIpc) is 3.38. The van der Waals surface area contributed by atoms with E-state index in [1.54, 1.807) is 23.1 Å². The van der Waals surface area contributed by atoms with Gasteiger partial charge in [-0.05, 0) is 43.6 Å². The van der Waals surface area contributed by atoms with E-state index >= 15 is 0 Å². The van der Waals surface area contributed by atoms with Crippen LogP contribution in [0.3, 0.4) is 0 Å². The second-order valence-corrected chi connectivity index (χ2v) is 9.19. The molecule has 0 radical (unpaired) electrons. The molecule has 4 rings (SSSR count).